The highest BCUT2D eigenvalue weighted by molar-refractivity contribution is 5.84. The van der Waals surface area contributed by atoms with Crippen LogP contribution in [-0.4, -0.2) is 29.3 Å². The Labute approximate surface area is 151 Å². The first kappa shape index (κ1) is 18.0. The van der Waals surface area contributed by atoms with Gasteiger partial charge < -0.3 is 10.2 Å². The molecule has 0 spiro atoms. The van der Waals surface area contributed by atoms with Crippen LogP contribution in [0.5, 0.6) is 0 Å². The van der Waals surface area contributed by atoms with Crippen LogP contribution in [0.4, 0.5) is 0 Å². The van der Waals surface area contributed by atoms with Crippen LogP contribution in [0.15, 0.2) is 24.3 Å². The largest absolute Gasteiger partial charge is 0.353 e. The fourth-order valence-corrected chi connectivity index (χ4v) is 3.68. The molecule has 1 saturated carbocycles. The molecule has 3 atom stereocenters. The van der Waals surface area contributed by atoms with E-state index < -0.39 is 0 Å². The molecule has 1 saturated heterocycles. The SMILES string of the molecule is CC[C@H](C)NC(=O)[C@H]1CC[C@@H](c2cccc(C)c2)N(C(=O)C2CC2)C1. The van der Waals surface area contributed by atoms with E-state index in [0.29, 0.717) is 6.54 Å². The lowest BCUT2D eigenvalue weighted by Gasteiger charge is -2.40. The van der Waals surface area contributed by atoms with Crippen LogP contribution in [0.1, 0.15) is 63.1 Å². The molecule has 136 valence electrons. The highest BCUT2D eigenvalue weighted by atomic mass is 16.2. The molecule has 1 aromatic rings. The lowest BCUT2D eigenvalue weighted by Crippen LogP contribution is -2.48. The third-order valence-electron chi connectivity index (χ3n) is 5.59. The van der Waals surface area contributed by atoms with Gasteiger partial charge in [0.2, 0.25) is 11.8 Å². The van der Waals surface area contributed by atoms with Gasteiger partial charge in [-0.2, -0.15) is 0 Å². The normalized spacial score (nSPS) is 24.7. The second-order valence-corrected chi connectivity index (χ2v) is 7.79. The summed E-state index contributed by atoms with van der Waals surface area (Å²) in [6, 6.07) is 8.74. The van der Waals surface area contributed by atoms with E-state index in [0.717, 1.165) is 32.1 Å². The van der Waals surface area contributed by atoms with Gasteiger partial charge in [0.15, 0.2) is 0 Å². The Kier molecular flexibility index (Phi) is 5.45. The van der Waals surface area contributed by atoms with Gasteiger partial charge in [0.05, 0.1) is 12.0 Å². The summed E-state index contributed by atoms with van der Waals surface area (Å²) < 4.78 is 0. The van der Waals surface area contributed by atoms with Crippen LogP contribution in [0.3, 0.4) is 0 Å². The lowest BCUT2D eigenvalue weighted by molar-refractivity contribution is -0.140. The topological polar surface area (TPSA) is 49.4 Å². The lowest BCUT2D eigenvalue weighted by atomic mass is 9.87. The van der Waals surface area contributed by atoms with Crippen LogP contribution in [0.25, 0.3) is 0 Å². The van der Waals surface area contributed by atoms with E-state index in [1.807, 2.05) is 11.8 Å². The summed E-state index contributed by atoms with van der Waals surface area (Å²) in [5.74, 6) is 0.444. The van der Waals surface area contributed by atoms with E-state index in [1.165, 1.54) is 11.1 Å². The number of hydrogen-bond acceptors (Lipinski definition) is 2. The van der Waals surface area contributed by atoms with Crippen LogP contribution in [0.2, 0.25) is 0 Å². The summed E-state index contributed by atoms with van der Waals surface area (Å²) in [6.45, 7) is 6.74. The minimum absolute atomic E-state index is 0.0854. The molecule has 1 N–H and O–H groups in total. The predicted molar refractivity (Wildman–Crippen MR) is 99.0 cm³/mol. The van der Waals surface area contributed by atoms with E-state index in [9.17, 15) is 9.59 Å². The van der Waals surface area contributed by atoms with Gasteiger partial charge in [0, 0.05) is 18.5 Å². The number of aryl methyl sites for hydroxylation is 1. The Morgan fingerprint density at radius 2 is 1.92 bits per heavy atom. The Hall–Kier alpha value is -1.84. The van der Waals surface area contributed by atoms with Crippen molar-refractivity contribution in [3.8, 4) is 0 Å². The first-order valence-corrected chi connectivity index (χ1v) is 9.67. The van der Waals surface area contributed by atoms with E-state index >= 15 is 0 Å². The van der Waals surface area contributed by atoms with E-state index in [1.54, 1.807) is 0 Å². The Morgan fingerprint density at radius 1 is 1.20 bits per heavy atom. The third kappa shape index (κ3) is 4.23. The molecule has 3 rings (SSSR count). The molecular formula is C21H30N2O2. The summed E-state index contributed by atoms with van der Waals surface area (Å²) in [7, 11) is 0. The molecule has 2 fully saturated rings. The molecule has 1 aliphatic heterocycles. The van der Waals surface area contributed by atoms with E-state index in [4.69, 9.17) is 0 Å². The summed E-state index contributed by atoms with van der Waals surface area (Å²) in [6.07, 6.45) is 4.63. The van der Waals surface area contributed by atoms with Crippen molar-refractivity contribution < 1.29 is 9.59 Å². The average molecular weight is 342 g/mol. The number of nitrogens with zero attached hydrogens (tertiary/aromatic N) is 1. The molecular weight excluding hydrogens is 312 g/mol. The number of benzene rings is 1. The maximum atomic E-state index is 12.9. The van der Waals surface area contributed by atoms with E-state index in [2.05, 4.69) is 43.4 Å². The van der Waals surface area contributed by atoms with Crippen molar-refractivity contribution in [2.45, 2.75) is 65.0 Å². The van der Waals surface area contributed by atoms with E-state index in [-0.39, 0.29) is 35.7 Å². The van der Waals surface area contributed by atoms with Crippen molar-refractivity contribution in [2.75, 3.05) is 6.54 Å². The maximum absolute atomic E-state index is 12.9. The highest BCUT2D eigenvalue weighted by Crippen LogP contribution is 2.39. The molecule has 2 aliphatic rings. The van der Waals surface area contributed by atoms with Crippen LogP contribution in [0, 0.1) is 18.8 Å². The number of piperidine rings is 1. The van der Waals surface area contributed by atoms with Crippen molar-refractivity contribution >= 4 is 11.8 Å². The summed E-state index contributed by atoms with van der Waals surface area (Å²) in [5, 5.41) is 3.09. The fourth-order valence-electron chi connectivity index (χ4n) is 3.68. The Morgan fingerprint density at radius 3 is 2.56 bits per heavy atom. The zero-order chi connectivity index (χ0) is 18.0. The molecule has 2 amide bonds. The van der Waals surface area contributed by atoms with Gasteiger partial charge in [0.25, 0.3) is 0 Å². The van der Waals surface area contributed by atoms with Gasteiger partial charge >= 0.3 is 0 Å². The molecule has 0 radical (unpaired) electrons. The monoisotopic (exact) mass is 342 g/mol. The van der Waals surface area contributed by atoms with Crippen LogP contribution in [-0.2, 0) is 9.59 Å². The third-order valence-corrected chi connectivity index (χ3v) is 5.59. The summed E-state index contributed by atoms with van der Waals surface area (Å²) in [5.41, 5.74) is 2.42. The fraction of sp³-hybridized carbons (Fsp3) is 0.619. The number of carbonyl (C=O) groups is 2. The molecule has 4 heteroatoms. The average Bonchev–Trinajstić information content (AvgIpc) is 3.45. The Balaban J connectivity index is 1.77. The summed E-state index contributed by atoms with van der Waals surface area (Å²) >= 11 is 0. The smallest absolute Gasteiger partial charge is 0.226 e. The van der Waals surface area contributed by atoms with Crippen molar-refractivity contribution in [1.82, 2.24) is 10.2 Å². The van der Waals surface area contributed by atoms with Crippen LogP contribution >= 0.6 is 0 Å². The minimum atomic E-state index is -0.0854. The number of hydrogen-bond donors (Lipinski definition) is 1. The van der Waals surface area contributed by atoms with Crippen molar-refractivity contribution in [2.24, 2.45) is 11.8 Å². The molecule has 1 aliphatic carbocycles. The first-order chi connectivity index (χ1) is 12.0. The van der Waals surface area contributed by atoms with Gasteiger partial charge in [-0.15, -0.1) is 0 Å². The zero-order valence-electron chi connectivity index (χ0n) is 15.6. The number of carbonyl (C=O) groups excluding carboxylic acids is 2. The standard InChI is InChI=1S/C21H30N2O2/c1-4-15(3)22-20(24)18-10-11-19(17-7-5-6-14(2)12-17)23(13-18)21(25)16-8-9-16/h5-7,12,15-16,18-19H,4,8-11,13H2,1-3H3,(H,22,24)/t15-,18-,19-/m0/s1. The number of nitrogens with one attached hydrogen (secondary N) is 1. The van der Waals surface area contributed by atoms with Gasteiger partial charge in [0.1, 0.15) is 0 Å². The molecule has 0 aromatic heterocycles. The molecule has 0 unspecified atom stereocenters. The minimum Gasteiger partial charge on any atom is -0.353 e. The predicted octanol–water partition coefficient (Wildman–Crippen LogP) is 3.60. The second-order valence-electron chi connectivity index (χ2n) is 7.79. The van der Waals surface area contributed by atoms with Crippen molar-refractivity contribution in [3.05, 3.63) is 35.4 Å². The van der Waals surface area contributed by atoms with Crippen molar-refractivity contribution in [3.63, 3.8) is 0 Å². The second kappa shape index (κ2) is 7.59. The molecule has 0 bridgehead atoms. The number of rotatable bonds is 5. The molecule has 4 nitrogen and oxygen atoms in total. The molecule has 1 aromatic carbocycles. The Bertz CT molecular complexity index is 639. The number of likely N-dealkylation sites (tertiary alicyclic amines) is 1. The molecule has 1 heterocycles. The van der Waals surface area contributed by atoms with Gasteiger partial charge in [-0.25, -0.2) is 0 Å². The van der Waals surface area contributed by atoms with Gasteiger partial charge in [-0.1, -0.05) is 36.8 Å². The van der Waals surface area contributed by atoms with Gasteiger partial charge in [-0.05, 0) is 51.5 Å². The summed E-state index contributed by atoms with van der Waals surface area (Å²) in [4.78, 5) is 27.4. The number of amides is 2. The van der Waals surface area contributed by atoms with Gasteiger partial charge in [-0.3, -0.25) is 9.59 Å². The quantitative estimate of drug-likeness (QED) is 0.889. The highest BCUT2D eigenvalue weighted by Gasteiger charge is 2.41. The maximum Gasteiger partial charge on any atom is 0.226 e. The van der Waals surface area contributed by atoms with Crippen LogP contribution < -0.4 is 5.32 Å². The zero-order valence-corrected chi connectivity index (χ0v) is 15.6. The van der Waals surface area contributed by atoms with Crippen molar-refractivity contribution in [1.29, 1.82) is 0 Å². The first-order valence-electron chi connectivity index (χ1n) is 9.67. The molecule has 25 heavy (non-hydrogen) atoms.